The molecule has 1 saturated carbocycles. The topological polar surface area (TPSA) is 55.5 Å². The van der Waals surface area contributed by atoms with Crippen LogP contribution in [0.5, 0.6) is 5.75 Å². The third kappa shape index (κ3) is 1.69. The molecule has 0 spiro atoms. The van der Waals surface area contributed by atoms with Crippen LogP contribution in [0.2, 0.25) is 5.02 Å². The van der Waals surface area contributed by atoms with E-state index in [2.05, 4.69) is 0 Å². The smallest absolute Gasteiger partial charge is 0.123 e. The zero-order valence-electron chi connectivity index (χ0n) is 9.24. The number of hydrogen-bond donors (Lipinski definition) is 2. The van der Waals surface area contributed by atoms with Gasteiger partial charge in [-0.3, -0.25) is 0 Å². The Hall–Kier alpha value is -0.770. The lowest BCUT2D eigenvalue weighted by Gasteiger charge is -2.14. The zero-order valence-corrected chi connectivity index (χ0v) is 10.00. The molecule has 1 fully saturated rings. The van der Waals surface area contributed by atoms with E-state index in [0.29, 0.717) is 11.6 Å². The first kappa shape index (κ1) is 11.7. The predicted molar refractivity (Wildman–Crippen MR) is 63.9 cm³/mol. The molecule has 4 heteroatoms. The molecule has 0 radical (unpaired) electrons. The van der Waals surface area contributed by atoms with Crippen LogP contribution in [0.1, 0.15) is 17.9 Å². The Morgan fingerprint density at radius 2 is 2.38 bits per heavy atom. The van der Waals surface area contributed by atoms with Crippen molar-refractivity contribution in [3.05, 3.63) is 28.8 Å². The second-order valence-corrected chi connectivity index (χ2v) is 4.74. The highest BCUT2D eigenvalue weighted by molar-refractivity contribution is 6.31. The van der Waals surface area contributed by atoms with E-state index in [1.54, 1.807) is 7.11 Å². The first-order valence-electron chi connectivity index (χ1n) is 5.32. The molecular formula is C12H16ClNO2. The standard InChI is InChI=1S/C12H16ClNO2/c1-16-10-4-2-3-9(13)11(10)8-5-12(8,6-14)7-15/h2-4,8,15H,5-7,14H2,1H3. The molecule has 0 aromatic heterocycles. The van der Waals surface area contributed by atoms with Crippen LogP contribution < -0.4 is 10.5 Å². The molecule has 3 nitrogen and oxygen atoms in total. The molecule has 1 aliphatic rings. The highest BCUT2D eigenvalue weighted by Gasteiger charge is 2.54. The van der Waals surface area contributed by atoms with E-state index in [1.165, 1.54) is 0 Å². The summed E-state index contributed by atoms with van der Waals surface area (Å²) in [6.07, 6.45) is 0.875. The van der Waals surface area contributed by atoms with E-state index in [9.17, 15) is 5.11 Å². The third-order valence-corrected chi connectivity index (χ3v) is 3.82. The Bertz CT molecular complexity index is 391. The van der Waals surface area contributed by atoms with Gasteiger partial charge in [0.15, 0.2) is 0 Å². The molecule has 2 unspecified atom stereocenters. The summed E-state index contributed by atoms with van der Waals surface area (Å²) in [5, 5.41) is 10.1. The molecule has 0 heterocycles. The lowest BCUT2D eigenvalue weighted by atomic mass is 9.99. The predicted octanol–water partition coefficient (Wildman–Crippen LogP) is 1.77. The molecule has 0 aliphatic heterocycles. The molecule has 1 aromatic carbocycles. The average Bonchev–Trinajstić information content (AvgIpc) is 3.03. The van der Waals surface area contributed by atoms with Crippen molar-refractivity contribution >= 4 is 11.6 Å². The minimum atomic E-state index is -0.196. The number of aliphatic hydroxyl groups is 1. The monoisotopic (exact) mass is 241 g/mol. The van der Waals surface area contributed by atoms with Gasteiger partial charge in [0.2, 0.25) is 0 Å². The lowest BCUT2D eigenvalue weighted by molar-refractivity contribution is 0.211. The van der Waals surface area contributed by atoms with Gasteiger partial charge in [-0.15, -0.1) is 0 Å². The van der Waals surface area contributed by atoms with E-state index in [1.807, 2.05) is 18.2 Å². The molecule has 1 aromatic rings. The molecule has 0 bridgehead atoms. The van der Waals surface area contributed by atoms with Crippen molar-refractivity contribution in [2.24, 2.45) is 11.1 Å². The van der Waals surface area contributed by atoms with Crippen LogP contribution in [-0.4, -0.2) is 25.4 Å². The quantitative estimate of drug-likeness (QED) is 0.845. The van der Waals surface area contributed by atoms with Crippen molar-refractivity contribution in [2.45, 2.75) is 12.3 Å². The summed E-state index contributed by atoms with van der Waals surface area (Å²) < 4.78 is 5.30. The molecule has 0 amide bonds. The Morgan fingerprint density at radius 3 is 2.88 bits per heavy atom. The van der Waals surface area contributed by atoms with Crippen molar-refractivity contribution in [3.8, 4) is 5.75 Å². The van der Waals surface area contributed by atoms with Crippen LogP contribution in [-0.2, 0) is 0 Å². The lowest BCUT2D eigenvalue weighted by Crippen LogP contribution is -2.21. The van der Waals surface area contributed by atoms with Gasteiger partial charge in [0.05, 0.1) is 13.7 Å². The largest absolute Gasteiger partial charge is 0.496 e. The van der Waals surface area contributed by atoms with Crippen LogP contribution in [0.25, 0.3) is 0 Å². The molecule has 1 aliphatic carbocycles. The highest BCUT2D eigenvalue weighted by atomic mass is 35.5. The highest BCUT2D eigenvalue weighted by Crippen LogP contribution is 2.61. The van der Waals surface area contributed by atoms with E-state index in [0.717, 1.165) is 17.7 Å². The maximum atomic E-state index is 9.38. The van der Waals surface area contributed by atoms with Crippen molar-refractivity contribution in [2.75, 3.05) is 20.3 Å². The molecule has 3 N–H and O–H groups in total. The molecule has 88 valence electrons. The van der Waals surface area contributed by atoms with Crippen LogP contribution in [0.15, 0.2) is 18.2 Å². The second kappa shape index (κ2) is 4.24. The maximum absolute atomic E-state index is 9.38. The van der Waals surface area contributed by atoms with Crippen LogP contribution in [0.3, 0.4) is 0 Å². The first-order valence-corrected chi connectivity index (χ1v) is 5.69. The van der Waals surface area contributed by atoms with Crippen molar-refractivity contribution < 1.29 is 9.84 Å². The van der Waals surface area contributed by atoms with Gasteiger partial charge in [-0.05, 0) is 24.5 Å². The number of ether oxygens (including phenoxy) is 1. The van der Waals surface area contributed by atoms with Gasteiger partial charge in [-0.2, -0.15) is 0 Å². The Kier molecular flexibility index (Phi) is 3.10. The van der Waals surface area contributed by atoms with Crippen molar-refractivity contribution in [1.82, 2.24) is 0 Å². The number of aliphatic hydroxyl groups excluding tert-OH is 1. The van der Waals surface area contributed by atoms with Gasteiger partial charge < -0.3 is 15.6 Å². The third-order valence-electron chi connectivity index (χ3n) is 3.49. The Labute approximate surface area is 100 Å². The van der Waals surface area contributed by atoms with E-state index >= 15 is 0 Å². The van der Waals surface area contributed by atoms with Gasteiger partial charge in [0, 0.05) is 22.5 Å². The van der Waals surface area contributed by atoms with Gasteiger partial charge >= 0.3 is 0 Å². The normalized spacial score (nSPS) is 27.9. The van der Waals surface area contributed by atoms with Gasteiger partial charge in [0.1, 0.15) is 5.75 Å². The number of rotatable bonds is 4. The molecule has 2 atom stereocenters. The van der Waals surface area contributed by atoms with Crippen molar-refractivity contribution in [3.63, 3.8) is 0 Å². The van der Waals surface area contributed by atoms with E-state index < -0.39 is 0 Å². The number of nitrogens with two attached hydrogens (primary N) is 1. The van der Waals surface area contributed by atoms with Crippen LogP contribution >= 0.6 is 11.6 Å². The summed E-state index contributed by atoms with van der Waals surface area (Å²) in [5.41, 5.74) is 6.49. The molecule has 0 saturated heterocycles. The van der Waals surface area contributed by atoms with E-state index in [4.69, 9.17) is 22.1 Å². The minimum Gasteiger partial charge on any atom is -0.496 e. The SMILES string of the molecule is COc1cccc(Cl)c1C1CC1(CN)CO. The molecule has 2 rings (SSSR count). The van der Waals surface area contributed by atoms with Crippen molar-refractivity contribution in [1.29, 1.82) is 0 Å². The minimum absolute atomic E-state index is 0.0997. The number of methoxy groups -OCH3 is 1. The molecule has 16 heavy (non-hydrogen) atoms. The fourth-order valence-electron chi connectivity index (χ4n) is 2.25. The zero-order chi connectivity index (χ0) is 11.8. The van der Waals surface area contributed by atoms with E-state index in [-0.39, 0.29) is 17.9 Å². The second-order valence-electron chi connectivity index (χ2n) is 4.34. The Morgan fingerprint density at radius 1 is 1.62 bits per heavy atom. The summed E-state index contributed by atoms with van der Waals surface area (Å²) in [5.74, 6) is 0.993. The fourth-order valence-corrected chi connectivity index (χ4v) is 2.55. The van der Waals surface area contributed by atoms with Gasteiger partial charge in [0.25, 0.3) is 0 Å². The van der Waals surface area contributed by atoms with Crippen LogP contribution in [0, 0.1) is 5.41 Å². The summed E-state index contributed by atoms with van der Waals surface area (Å²) in [7, 11) is 1.63. The summed E-state index contributed by atoms with van der Waals surface area (Å²) in [4.78, 5) is 0. The summed E-state index contributed by atoms with van der Waals surface area (Å²) in [6, 6.07) is 5.59. The maximum Gasteiger partial charge on any atom is 0.123 e. The molecular weight excluding hydrogens is 226 g/mol. The van der Waals surface area contributed by atoms with Crippen LogP contribution in [0.4, 0.5) is 0 Å². The number of benzene rings is 1. The number of halogens is 1. The van der Waals surface area contributed by atoms with Gasteiger partial charge in [-0.1, -0.05) is 17.7 Å². The fraction of sp³-hybridized carbons (Fsp3) is 0.500. The number of hydrogen-bond acceptors (Lipinski definition) is 3. The first-order chi connectivity index (χ1) is 7.68. The van der Waals surface area contributed by atoms with Gasteiger partial charge in [-0.25, -0.2) is 0 Å². The average molecular weight is 242 g/mol. The Balaban J connectivity index is 2.36. The summed E-state index contributed by atoms with van der Waals surface area (Å²) in [6.45, 7) is 0.574. The summed E-state index contributed by atoms with van der Waals surface area (Å²) >= 11 is 6.18.